The predicted molar refractivity (Wildman–Crippen MR) is 121 cm³/mol. The molecule has 1 aromatic heterocycles. The number of methoxy groups -OCH3 is 2. The summed E-state index contributed by atoms with van der Waals surface area (Å²) in [6.07, 6.45) is 0. The number of carbonyl (C=O) groups is 1. The van der Waals surface area contributed by atoms with Crippen LogP contribution in [-0.2, 0) is 0 Å². The van der Waals surface area contributed by atoms with Crippen LogP contribution in [-0.4, -0.2) is 29.9 Å². The largest absolute Gasteiger partial charge is 0.497 e. The Bertz CT molecular complexity index is 1250. The third-order valence-electron chi connectivity index (χ3n) is 4.80. The van der Waals surface area contributed by atoms with Gasteiger partial charge in [0.25, 0.3) is 5.91 Å². The van der Waals surface area contributed by atoms with Crippen LogP contribution in [0.1, 0.15) is 10.5 Å². The molecule has 0 aliphatic heterocycles. The first-order valence-electron chi connectivity index (χ1n) is 9.64. The second-order valence-corrected chi connectivity index (χ2v) is 7.27. The van der Waals surface area contributed by atoms with Crippen molar-refractivity contribution in [2.24, 2.45) is 0 Å². The van der Waals surface area contributed by atoms with E-state index in [4.69, 9.17) is 21.1 Å². The van der Waals surface area contributed by atoms with E-state index in [0.29, 0.717) is 39.2 Å². The number of aromatic nitrogens is 2. The van der Waals surface area contributed by atoms with Crippen molar-refractivity contribution in [3.63, 3.8) is 0 Å². The molecular weight excluding hydrogens is 433 g/mol. The Labute approximate surface area is 189 Å². The normalized spacial score (nSPS) is 10.6. The summed E-state index contributed by atoms with van der Waals surface area (Å²) in [5.41, 5.74) is 2.62. The zero-order chi connectivity index (χ0) is 22.7. The maximum absolute atomic E-state index is 13.2. The summed E-state index contributed by atoms with van der Waals surface area (Å²) in [7, 11) is 3.12. The molecule has 6 nitrogen and oxygen atoms in total. The lowest BCUT2D eigenvalue weighted by Crippen LogP contribution is -2.16. The van der Waals surface area contributed by atoms with Gasteiger partial charge in [-0.05, 0) is 66.7 Å². The van der Waals surface area contributed by atoms with E-state index < -0.39 is 5.91 Å². The number of carbonyl (C=O) groups excluding carboxylic acids is 1. The van der Waals surface area contributed by atoms with E-state index in [1.165, 1.54) is 28.9 Å². The molecular formula is C24H19ClFN3O3. The van der Waals surface area contributed by atoms with Crippen LogP contribution in [0.4, 0.5) is 10.1 Å². The van der Waals surface area contributed by atoms with E-state index in [1.807, 2.05) is 6.07 Å². The van der Waals surface area contributed by atoms with Gasteiger partial charge in [-0.2, -0.15) is 5.10 Å². The third-order valence-corrected chi connectivity index (χ3v) is 5.05. The number of amides is 1. The molecule has 8 heteroatoms. The van der Waals surface area contributed by atoms with Crippen LogP contribution in [0.25, 0.3) is 16.9 Å². The Morgan fingerprint density at radius 3 is 2.34 bits per heavy atom. The molecule has 0 aliphatic carbocycles. The van der Waals surface area contributed by atoms with Gasteiger partial charge in [0.1, 0.15) is 23.0 Å². The van der Waals surface area contributed by atoms with Gasteiger partial charge in [-0.1, -0.05) is 11.6 Å². The van der Waals surface area contributed by atoms with Crippen LogP contribution >= 0.6 is 11.6 Å². The van der Waals surface area contributed by atoms with Crippen LogP contribution in [0.2, 0.25) is 5.02 Å². The van der Waals surface area contributed by atoms with Crippen LogP contribution in [0.3, 0.4) is 0 Å². The number of benzene rings is 3. The van der Waals surface area contributed by atoms with Crippen LogP contribution in [0.15, 0.2) is 72.8 Å². The fourth-order valence-electron chi connectivity index (χ4n) is 3.19. The molecule has 0 fully saturated rings. The Morgan fingerprint density at radius 2 is 1.69 bits per heavy atom. The molecule has 0 spiro atoms. The fraction of sp³-hybridized carbons (Fsp3) is 0.0833. The summed E-state index contributed by atoms with van der Waals surface area (Å²) in [5, 5.41) is 7.99. The zero-order valence-corrected chi connectivity index (χ0v) is 18.1. The van der Waals surface area contributed by atoms with Crippen molar-refractivity contribution in [2.45, 2.75) is 0 Å². The van der Waals surface area contributed by atoms with Gasteiger partial charge in [0.05, 0.1) is 25.6 Å². The second kappa shape index (κ2) is 9.11. The molecule has 0 saturated heterocycles. The summed E-state index contributed by atoms with van der Waals surface area (Å²) >= 11 is 6.02. The van der Waals surface area contributed by atoms with E-state index in [0.717, 1.165) is 0 Å². The lowest BCUT2D eigenvalue weighted by molar-refractivity contribution is 0.101. The highest BCUT2D eigenvalue weighted by molar-refractivity contribution is 6.30. The van der Waals surface area contributed by atoms with Gasteiger partial charge in [0, 0.05) is 22.3 Å². The molecule has 1 N–H and O–H groups in total. The van der Waals surface area contributed by atoms with Crippen molar-refractivity contribution in [3.05, 3.63) is 89.3 Å². The first kappa shape index (κ1) is 21.4. The van der Waals surface area contributed by atoms with Crippen molar-refractivity contribution >= 4 is 23.2 Å². The van der Waals surface area contributed by atoms with E-state index >= 15 is 0 Å². The molecule has 3 aromatic carbocycles. The topological polar surface area (TPSA) is 65.4 Å². The molecule has 4 aromatic rings. The predicted octanol–water partition coefficient (Wildman–Crippen LogP) is 5.60. The lowest BCUT2D eigenvalue weighted by atomic mass is 10.1. The maximum Gasteiger partial charge on any atom is 0.274 e. The van der Waals surface area contributed by atoms with Gasteiger partial charge in [-0.3, -0.25) is 4.79 Å². The minimum Gasteiger partial charge on any atom is -0.497 e. The highest BCUT2D eigenvalue weighted by atomic mass is 35.5. The van der Waals surface area contributed by atoms with E-state index in [1.54, 1.807) is 56.7 Å². The van der Waals surface area contributed by atoms with Gasteiger partial charge >= 0.3 is 0 Å². The third kappa shape index (κ3) is 4.43. The minimum absolute atomic E-state index is 0.282. The molecule has 0 saturated carbocycles. The molecule has 1 heterocycles. The highest BCUT2D eigenvalue weighted by Gasteiger charge is 2.20. The Balaban J connectivity index is 1.79. The summed E-state index contributed by atoms with van der Waals surface area (Å²) in [4.78, 5) is 13.1. The first-order chi connectivity index (χ1) is 15.5. The molecule has 0 aliphatic rings. The monoisotopic (exact) mass is 451 g/mol. The second-order valence-electron chi connectivity index (χ2n) is 6.83. The molecule has 4 rings (SSSR count). The van der Waals surface area contributed by atoms with Crippen molar-refractivity contribution in [3.8, 4) is 28.4 Å². The number of nitrogens with zero attached hydrogens (tertiary/aromatic N) is 2. The number of hydrogen-bond acceptors (Lipinski definition) is 4. The maximum atomic E-state index is 13.2. The van der Waals surface area contributed by atoms with Crippen molar-refractivity contribution in [1.82, 2.24) is 9.78 Å². The molecule has 0 atom stereocenters. The van der Waals surface area contributed by atoms with Crippen LogP contribution in [0.5, 0.6) is 11.5 Å². The number of nitrogens with one attached hydrogen (secondary N) is 1. The average molecular weight is 452 g/mol. The number of rotatable bonds is 6. The van der Waals surface area contributed by atoms with E-state index in [-0.39, 0.29) is 11.5 Å². The number of ether oxygens (including phenoxy) is 2. The van der Waals surface area contributed by atoms with Gasteiger partial charge in [-0.25, -0.2) is 9.07 Å². The van der Waals surface area contributed by atoms with E-state index in [2.05, 4.69) is 10.4 Å². The SMILES string of the molecule is COc1ccc(-c2cc(C(=O)Nc3ccc(F)cc3)n(-c3ccc(Cl)cc3)n2)c(OC)c1. The fourth-order valence-corrected chi connectivity index (χ4v) is 3.32. The van der Waals surface area contributed by atoms with Gasteiger partial charge < -0.3 is 14.8 Å². The van der Waals surface area contributed by atoms with Gasteiger partial charge in [-0.15, -0.1) is 0 Å². The van der Waals surface area contributed by atoms with Crippen molar-refractivity contribution < 1.29 is 18.7 Å². The van der Waals surface area contributed by atoms with Crippen LogP contribution in [0, 0.1) is 5.82 Å². The number of anilines is 1. The molecule has 0 unspecified atom stereocenters. The lowest BCUT2D eigenvalue weighted by Gasteiger charge is -2.09. The highest BCUT2D eigenvalue weighted by Crippen LogP contribution is 2.33. The molecule has 0 radical (unpaired) electrons. The summed E-state index contributed by atoms with van der Waals surface area (Å²) in [5.74, 6) is 0.397. The number of hydrogen-bond donors (Lipinski definition) is 1. The summed E-state index contributed by atoms with van der Waals surface area (Å²) < 4.78 is 25.5. The minimum atomic E-state index is -0.405. The summed E-state index contributed by atoms with van der Waals surface area (Å²) in [6, 6.07) is 19.5. The van der Waals surface area contributed by atoms with Crippen molar-refractivity contribution in [2.75, 3.05) is 19.5 Å². The average Bonchev–Trinajstić information content (AvgIpc) is 3.26. The van der Waals surface area contributed by atoms with Crippen molar-refractivity contribution in [1.29, 1.82) is 0 Å². The Kier molecular flexibility index (Phi) is 6.09. The standard InChI is InChI=1S/C24H19ClFN3O3/c1-31-19-11-12-20(23(13-19)32-2)21-14-22(24(30)27-17-7-5-16(26)6-8-17)29(28-21)18-9-3-15(25)4-10-18/h3-14H,1-2H3,(H,27,30). The number of halogens is 2. The molecule has 1 amide bonds. The quantitative estimate of drug-likeness (QED) is 0.414. The summed E-state index contributed by atoms with van der Waals surface area (Å²) in [6.45, 7) is 0. The Morgan fingerprint density at radius 1 is 0.969 bits per heavy atom. The van der Waals surface area contributed by atoms with Crippen LogP contribution < -0.4 is 14.8 Å². The van der Waals surface area contributed by atoms with Gasteiger partial charge in [0.15, 0.2) is 0 Å². The molecule has 0 bridgehead atoms. The Hall–Kier alpha value is -3.84. The smallest absolute Gasteiger partial charge is 0.274 e. The molecule has 162 valence electrons. The van der Waals surface area contributed by atoms with E-state index in [9.17, 15) is 9.18 Å². The van der Waals surface area contributed by atoms with Gasteiger partial charge in [0.2, 0.25) is 0 Å². The molecule has 32 heavy (non-hydrogen) atoms. The zero-order valence-electron chi connectivity index (χ0n) is 17.3. The first-order valence-corrected chi connectivity index (χ1v) is 10.0.